The summed E-state index contributed by atoms with van der Waals surface area (Å²) in [6, 6.07) is 9.13. The van der Waals surface area contributed by atoms with Gasteiger partial charge >= 0.3 is 0 Å². The third-order valence-electron chi connectivity index (χ3n) is 4.17. The minimum atomic E-state index is -0.478. The molecule has 1 saturated heterocycles. The number of carbonyl (C=O) groups is 2. The van der Waals surface area contributed by atoms with Crippen LogP contribution in [-0.4, -0.2) is 36.4 Å². The molecule has 0 radical (unpaired) electrons. The Labute approximate surface area is 142 Å². The number of amides is 2. The van der Waals surface area contributed by atoms with E-state index < -0.39 is 6.04 Å². The van der Waals surface area contributed by atoms with Gasteiger partial charge in [-0.05, 0) is 24.1 Å². The Kier molecular flexibility index (Phi) is 6.19. The quantitative estimate of drug-likeness (QED) is 0.827. The van der Waals surface area contributed by atoms with Crippen molar-refractivity contribution < 1.29 is 14.3 Å². The number of likely N-dealkylation sites (tertiary alicyclic amines) is 1. The highest BCUT2D eigenvalue weighted by molar-refractivity contribution is 5.89. The topological polar surface area (TPSA) is 82.4 Å². The summed E-state index contributed by atoms with van der Waals surface area (Å²) in [5.74, 6) is 0.140. The molecule has 6 heteroatoms. The van der Waals surface area contributed by atoms with Gasteiger partial charge in [0.15, 0.2) is 0 Å². The summed E-state index contributed by atoms with van der Waals surface area (Å²) < 4.78 is 5.12. The number of methoxy groups -OCH3 is 1. The molecular weight excluding hydrogens is 306 g/mol. The lowest BCUT2D eigenvalue weighted by atomic mass is 10.1. The molecule has 0 aliphatic carbocycles. The van der Waals surface area contributed by atoms with Crippen molar-refractivity contribution in [3.63, 3.8) is 0 Å². The summed E-state index contributed by atoms with van der Waals surface area (Å²) >= 11 is 0. The van der Waals surface area contributed by atoms with Crippen molar-refractivity contribution in [2.45, 2.75) is 38.8 Å². The van der Waals surface area contributed by atoms with Gasteiger partial charge in [0.2, 0.25) is 11.8 Å². The van der Waals surface area contributed by atoms with Crippen LogP contribution in [0.3, 0.4) is 0 Å². The van der Waals surface area contributed by atoms with E-state index in [4.69, 9.17) is 10.00 Å². The predicted octanol–water partition coefficient (Wildman–Crippen LogP) is 1.85. The molecular formula is C18H23N3O3. The van der Waals surface area contributed by atoms with Crippen molar-refractivity contribution in [2.24, 2.45) is 5.92 Å². The number of nitrogens with zero attached hydrogens (tertiary/aromatic N) is 2. The van der Waals surface area contributed by atoms with E-state index in [2.05, 4.69) is 11.4 Å². The van der Waals surface area contributed by atoms with Crippen LogP contribution in [0, 0.1) is 17.2 Å². The fraction of sp³-hybridized carbons (Fsp3) is 0.500. The second-order valence-electron chi connectivity index (χ2n) is 6.00. The van der Waals surface area contributed by atoms with Crippen molar-refractivity contribution in [3.05, 3.63) is 29.8 Å². The van der Waals surface area contributed by atoms with E-state index in [-0.39, 0.29) is 24.2 Å². The van der Waals surface area contributed by atoms with Crippen molar-refractivity contribution >= 4 is 11.8 Å². The molecule has 2 atom stereocenters. The van der Waals surface area contributed by atoms with Crippen LogP contribution in [0.25, 0.3) is 0 Å². The average Bonchev–Trinajstić information content (AvgIpc) is 2.96. The van der Waals surface area contributed by atoms with Gasteiger partial charge in [0, 0.05) is 19.5 Å². The van der Waals surface area contributed by atoms with Crippen LogP contribution in [0.15, 0.2) is 24.3 Å². The Morgan fingerprint density at radius 2 is 2.17 bits per heavy atom. The molecule has 1 fully saturated rings. The SMILES string of the molecule is CCC[C@@H](C#N)NC(=O)[C@@H]1CC(=O)N(Cc2ccc(OC)cc2)C1. The predicted molar refractivity (Wildman–Crippen MR) is 89.0 cm³/mol. The Bertz CT molecular complexity index is 621. The summed E-state index contributed by atoms with van der Waals surface area (Å²) in [5.41, 5.74) is 0.992. The number of ether oxygens (including phenoxy) is 1. The lowest BCUT2D eigenvalue weighted by Gasteiger charge is -2.17. The number of nitriles is 1. The maximum Gasteiger partial charge on any atom is 0.226 e. The highest BCUT2D eigenvalue weighted by Crippen LogP contribution is 2.21. The summed E-state index contributed by atoms with van der Waals surface area (Å²) in [6.07, 6.45) is 1.65. The second-order valence-corrected chi connectivity index (χ2v) is 6.00. The van der Waals surface area contributed by atoms with Crippen molar-refractivity contribution in [1.82, 2.24) is 10.2 Å². The first-order chi connectivity index (χ1) is 11.6. The number of benzene rings is 1. The molecule has 1 N–H and O–H groups in total. The van der Waals surface area contributed by atoms with E-state index in [1.807, 2.05) is 31.2 Å². The van der Waals surface area contributed by atoms with E-state index in [9.17, 15) is 9.59 Å². The maximum absolute atomic E-state index is 12.3. The third-order valence-corrected chi connectivity index (χ3v) is 4.17. The van der Waals surface area contributed by atoms with Gasteiger partial charge < -0.3 is 15.0 Å². The van der Waals surface area contributed by atoms with Crippen molar-refractivity contribution in [2.75, 3.05) is 13.7 Å². The Morgan fingerprint density at radius 1 is 1.46 bits per heavy atom. The molecule has 0 saturated carbocycles. The van der Waals surface area contributed by atoms with Gasteiger partial charge in [0.25, 0.3) is 0 Å². The van der Waals surface area contributed by atoms with E-state index in [1.54, 1.807) is 12.0 Å². The highest BCUT2D eigenvalue weighted by atomic mass is 16.5. The molecule has 0 aromatic heterocycles. The van der Waals surface area contributed by atoms with E-state index in [1.165, 1.54) is 0 Å². The molecule has 1 aromatic rings. The zero-order chi connectivity index (χ0) is 17.5. The number of hydrogen-bond donors (Lipinski definition) is 1. The maximum atomic E-state index is 12.3. The van der Waals surface area contributed by atoms with Gasteiger partial charge in [0.05, 0.1) is 19.1 Å². The molecule has 6 nitrogen and oxygen atoms in total. The first-order valence-electron chi connectivity index (χ1n) is 8.18. The standard InChI is InChI=1S/C18H23N3O3/c1-3-4-15(10-19)20-18(23)14-9-17(22)21(12-14)11-13-5-7-16(24-2)8-6-13/h5-8,14-15H,3-4,9,11-12H2,1-2H3,(H,20,23)/t14-,15+/m1/s1. The van der Waals surface area contributed by atoms with Gasteiger partial charge in [-0.3, -0.25) is 9.59 Å². The van der Waals surface area contributed by atoms with Crippen LogP contribution in [0.2, 0.25) is 0 Å². The number of nitrogens with one attached hydrogen (secondary N) is 1. The van der Waals surface area contributed by atoms with Gasteiger partial charge in [-0.15, -0.1) is 0 Å². The third kappa shape index (κ3) is 4.48. The largest absolute Gasteiger partial charge is 0.497 e. The minimum Gasteiger partial charge on any atom is -0.497 e. The highest BCUT2D eigenvalue weighted by Gasteiger charge is 2.34. The zero-order valence-corrected chi connectivity index (χ0v) is 14.1. The summed E-state index contributed by atoms with van der Waals surface area (Å²) in [6.45, 7) is 2.83. The monoisotopic (exact) mass is 329 g/mol. The first kappa shape index (κ1) is 17.8. The molecule has 2 rings (SSSR count). The Balaban J connectivity index is 1.92. The lowest BCUT2D eigenvalue weighted by Crippen LogP contribution is -2.39. The molecule has 0 unspecified atom stereocenters. The Morgan fingerprint density at radius 3 is 2.75 bits per heavy atom. The van der Waals surface area contributed by atoms with Crippen LogP contribution >= 0.6 is 0 Å². The van der Waals surface area contributed by atoms with Crippen LogP contribution in [0.5, 0.6) is 5.75 Å². The van der Waals surface area contributed by atoms with Gasteiger partial charge in [-0.2, -0.15) is 5.26 Å². The van der Waals surface area contributed by atoms with Gasteiger partial charge in [-0.25, -0.2) is 0 Å². The smallest absolute Gasteiger partial charge is 0.226 e. The van der Waals surface area contributed by atoms with E-state index in [0.29, 0.717) is 19.5 Å². The molecule has 1 aromatic carbocycles. The number of hydrogen-bond acceptors (Lipinski definition) is 4. The number of carbonyl (C=O) groups excluding carboxylic acids is 2. The molecule has 2 amide bonds. The van der Waals surface area contributed by atoms with Crippen molar-refractivity contribution in [3.8, 4) is 11.8 Å². The van der Waals surface area contributed by atoms with Crippen LogP contribution < -0.4 is 10.1 Å². The van der Waals surface area contributed by atoms with E-state index in [0.717, 1.165) is 17.7 Å². The fourth-order valence-electron chi connectivity index (χ4n) is 2.80. The lowest BCUT2D eigenvalue weighted by molar-refractivity contribution is -0.129. The molecule has 1 aliphatic rings. The van der Waals surface area contributed by atoms with Gasteiger partial charge in [0.1, 0.15) is 11.8 Å². The molecule has 0 spiro atoms. The van der Waals surface area contributed by atoms with Gasteiger partial charge in [-0.1, -0.05) is 25.5 Å². The molecule has 1 aliphatic heterocycles. The fourth-order valence-corrected chi connectivity index (χ4v) is 2.80. The first-order valence-corrected chi connectivity index (χ1v) is 8.18. The van der Waals surface area contributed by atoms with Crippen LogP contribution in [0.1, 0.15) is 31.7 Å². The van der Waals surface area contributed by atoms with Crippen molar-refractivity contribution in [1.29, 1.82) is 5.26 Å². The Hall–Kier alpha value is -2.55. The number of rotatable bonds is 7. The minimum absolute atomic E-state index is 0.0324. The molecule has 0 bridgehead atoms. The second kappa shape index (κ2) is 8.34. The van der Waals surface area contributed by atoms with Crippen LogP contribution in [-0.2, 0) is 16.1 Å². The zero-order valence-electron chi connectivity index (χ0n) is 14.1. The summed E-state index contributed by atoms with van der Waals surface area (Å²) in [4.78, 5) is 26.1. The summed E-state index contributed by atoms with van der Waals surface area (Å²) in [7, 11) is 1.61. The summed E-state index contributed by atoms with van der Waals surface area (Å²) in [5, 5.41) is 11.8. The molecule has 24 heavy (non-hydrogen) atoms. The molecule has 1 heterocycles. The van der Waals surface area contributed by atoms with Crippen LogP contribution in [0.4, 0.5) is 0 Å². The average molecular weight is 329 g/mol. The normalized spacial score (nSPS) is 18.1. The molecule has 128 valence electrons. The van der Waals surface area contributed by atoms with E-state index >= 15 is 0 Å².